The number of hydrogen-bond donors (Lipinski definition) is 1. The standard InChI is InChI=1S/C15H18F3N3OS2/c1-9(21-24(22)14(2,3)4)11-8-20-13(23-11)10-5-6-19-12(7-10)15(16,17)18/h5-9,21H,1-4H3/t9-,24+/m0/s1. The van der Waals surface area contributed by atoms with Crippen molar-refractivity contribution in [2.45, 2.75) is 44.7 Å². The predicted octanol–water partition coefficient (Wildman–Crippen LogP) is 4.34. The fraction of sp³-hybridized carbons (Fsp3) is 0.467. The Bertz CT molecular complexity index is 738. The van der Waals surface area contributed by atoms with Crippen LogP contribution in [0.15, 0.2) is 24.5 Å². The molecule has 1 N–H and O–H groups in total. The Morgan fingerprint density at radius 2 is 1.92 bits per heavy atom. The first-order valence-electron chi connectivity index (χ1n) is 7.16. The van der Waals surface area contributed by atoms with Gasteiger partial charge in [-0.2, -0.15) is 13.2 Å². The minimum atomic E-state index is -4.49. The van der Waals surface area contributed by atoms with Gasteiger partial charge in [-0.25, -0.2) is 13.9 Å². The second-order valence-corrected chi connectivity index (χ2v) is 9.28. The van der Waals surface area contributed by atoms with Crippen LogP contribution in [0.1, 0.15) is 44.3 Å². The van der Waals surface area contributed by atoms with Crippen LogP contribution < -0.4 is 4.72 Å². The number of aromatic nitrogens is 2. The van der Waals surface area contributed by atoms with Crippen molar-refractivity contribution in [3.8, 4) is 10.6 Å². The first kappa shape index (κ1) is 19.0. The molecule has 2 heterocycles. The molecule has 0 aliphatic carbocycles. The monoisotopic (exact) mass is 377 g/mol. The summed E-state index contributed by atoms with van der Waals surface area (Å²) in [6.45, 7) is 7.42. The molecule has 132 valence electrons. The Morgan fingerprint density at radius 1 is 1.25 bits per heavy atom. The molecule has 9 heteroatoms. The number of halogens is 3. The molecule has 0 unspecified atom stereocenters. The van der Waals surface area contributed by atoms with Crippen LogP contribution in [0.4, 0.5) is 13.2 Å². The number of alkyl halides is 3. The average molecular weight is 377 g/mol. The summed E-state index contributed by atoms with van der Waals surface area (Å²) in [6.07, 6.45) is -1.78. The van der Waals surface area contributed by atoms with Crippen LogP contribution in [0, 0.1) is 0 Å². The molecule has 0 fully saturated rings. The van der Waals surface area contributed by atoms with Gasteiger partial charge in [-0.05, 0) is 39.8 Å². The van der Waals surface area contributed by atoms with Crippen molar-refractivity contribution in [2.24, 2.45) is 0 Å². The molecule has 0 aliphatic rings. The van der Waals surface area contributed by atoms with Crippen molar-refractivity contribution in [1.82, 2.24) is 14.7 Å². The van der Waals surface area contributed by atoms with Gasteiger partial charge in [-0.1, -0.05) is 0 Å². The van der Waals surface area contributed by atoms with Gasteiger partial charge in [-0.3, -0.25) is 4.98 Å². The Morgan fingerprint density at radius 3 is 2.50 bits per heavy atom. The van der Waals surface area contributed by atoms with Crippen LogP contribution in [0.3, 0.4) is 0 Å². The zero-order valence-electron chi connectivity index (χ0n) is 13.6. The van der Waals surface area contributed by atoms with Gasteiger partial charge in [0.1, 0.15) is 10.7 Å². The third-order valence-electron chi connectivity index (χ3n) is 3.09. The maximum atomic E-state index is 12.7. The lowest BCUT2D eigenvalue weighted by molar-refractivity contribution is -0.141. The van der Waals surface area contributed by atoms with Crippen LogP contribution in [-0.2, 0) is 17.2 Å². The van der Waals surface area contributed by atoms with Gasteiger partial charge in [0.2, 0.25) is 0 Å². The van der Waals surface area contributed by atoms with E-state index in [0.717, 1.165) is 17.1 Å². The molecule has 2 aromatic heterocycles. The topological polar surface area (TPSA) is 54.9 Å². The molecular weight excluding hydrogens is 359 g/mol. The van der Waals surface area contributed by atoms with E-state index < -0.39 is 27.6 Å². The quantitative estimate of drug-likeness (QED) is 0.862. The predicted molar refractivity (Wildman–Crippen MR) is 89.8 cm³/mol. The van der Waals surface area contributed by atoms with Gasteiger partial charge in [0, 0.05) is 22.8 Å². The third kappa shape index (κ3) is 4.61. The summed E-state index contributed by atoms with van der Waals surface area (Å²) in [5.74, 6) is 0. The van der Waals surface area contributed by atoms with Crippen LogP contribution >= 0.6 is 11.3 Å². The van der Waals surface area contributed by atoms with Crippen LogP contribution in [0.2, 0.25) is 0 Å². The van der Waals surface area contributed by atoms with Gasteiger partial charge in [0.25, 0.3) is 0 Å². The molecule has 2 aromatic rings. The van der Waals surface area contributed by atoms with Crippen molar-refractivity contribution in [1.29, 1.82) is 0 Å². The summed E-state index contributed by atoms with van der Waals surface area (Å²) < 4.78 is 53.0. The first-order chi connectivity index (χ1) is 11.0. The Hall–Kier alpha value is -1.32. The normalized spacial score (nSPS) is 15.3. The molecular formula is C15H18F3N3OS2. The summed E-state index contributed by atoms with van der Waals surface area (Å²) in [7, 11) is -1.25. The molecule has 2 rings (SSSR count). The summed E-state index contributed by atoms with van der Waals surface area (Å²) >= 11 is 1.26. The molecule has 4 nitrogen and oxygen atoms in total. The molecule has 0 amide bonds. The lowest BCUT2D eigenvalue weighted by Gasteiger charge is -2.21. The van der Waals surface area contributed by atoms with E-state index in [0.29, 0.717) is 10.6 Å². The molecule has 0 radical (unpaired) electrons. The lowest BCUT2D eigenvalue weighted by Crippen LogP contribution is -2.34. The number of pyridine rings is 1. The van der Waals surface area contributed by atoms with Gasteiger partial charge in [0.05, 0.1) is 21.8 Å². The maximum Gasteiger partial charge on any atom is 0.433 e. The fourth-order valence-electron chi connectivity index (χ4n) is 1.73. The van der Waals surface area contributed by atoms with Crippen LogP contribution in [0.5, 0.6) is 0 Å². The molecule has 0 spiro atoms. The summed E-state index contributed by atoms with van der Waals surface area (Å²) in [4.78, 5) is 8.33. The van der Waals surface area contributed by atoms with E-state index in [-0.39, 0.29) is 6.04 Å². The SMILES string of the molecule is C[C@H](N[S@](=O)C(C)(C)C)c1cnc(-c2ccnc(C(F)(F)F)c2)s1. The minimum absolute atomic E-state index is 0.222. The Balaban J connectivity index is 2.21. The van der Waals surface area contributed by atoms with Gasteiger partial charge >= 0.3 is 6.18 Å². The van der Waals surface area contributed by atoms with E-state index in [1.165, 1.54) is 17.4 Å². The maximum absolute atomic E-state index is 12.7. The second kappa shape index (κ2) is 6.89. The molecule has 0 aliphatic heterocycles. The van der Waals surface area contributed by atoms with Crippen LogP contribution in [-0.4, -0.2) is 18.9 Å². The highest BCUT2D eigenvalue weighted by molar-refractivity contribution is 7.84. The summed E-state index contributed by atoms with van der Waals surface area (Å²) in [5.41, 5.74) is -0.588. The Labute approximate surface area is 145 Å². The van der Waals surface area contributed by atoms with Crippen molar-refractivity contribution >= 4 is 22.3 Å². The van der Waals surface area contributed by atoms with Crippen molar-refractivity contribution in [3.63, 3.8) is 0 Å². The highest BCUT2D eigenvalue weighted by Gasteiger charge is 2.32. The van der Waals surface area contributed by atoms with Gasteiger partial charge < -0.3 is 0 Å². The van der Waals surface area contributed by atoms with Gasteiger partial charge in [0.15, 0.2) is 0 Å². The first-order valence-corrected chi connectivity index (χ1v) is 9.12. The van der Waals surface area contributed by atoms with E-state index in [9.17, 15) is 17.4 Å². The zero-order chi connectivity index (χ0) is 18.1. The highest BCUT2D eigenvalue weighted by atomic mass is 32.2. The number of rotatable bonds is 4. The smallest absolute Gasteiger partial charge is 0.252 e. The lowest BCUT2D eigenvalue weighted by atomic mass is 10.2. The second-order valence-electron chi connectivity index (χ2n) is 6.22. The largest absolute Gasteiger partial charge is 0.433 e. The molecule has 0 saturated carbocycles. The minimum Gasteiger partial charge on any atom is -0.252 e. The Kier molecular flexibility index (Phi) is 5.46. The number of nitrogens with one attached hydrogen (secondary N) is 1. The number of nitrogens with zero attached hydrogens (tertiary/aromatic N) is 2. The van der Waals surface area contributed by atoms with E-state index >= 15 is 0 Å². The van der Waals surface area contributed by atoms with Crippen molar-refractivity contribution < 1.29 is 17.4 Å². The van der Waals surface area contributed by atoms with Crippen molar-refractivity contribution in [3.05, 3.63) is 35.1 Å². The molecule has 24 heavy (non-hydrogen) atoms. The zero-order valence-corrected chi connectivity index (χ0v) is 15.3. The summed E-state index contributed by atoms with van der Waals surface area (Å²) in [5, 5.41) is 0.466. The fourth-order valence-corrected chi connectivity index (χ4v) is 3.53. The van der Waals surface area contributed by atoms with E-state index in [2.05, 4.69) is 14.7 Å². The average Bonchev–Trinajstić information content (AvgIpc) is 2.95. The summed E-state index contributed by atoms with van der Waals surface area (Å²) in [6, 6.07) is 2.25. The highest BCUT2D eigenvalue weighted by Crippen LogP contribution is 2.33. The van der Waals surface area contributed by atoms with Crippen molar-refractivity contribution in [2.75, 3.05) is 0 Å². The van der Waals surface area contributed by atoms with E-state index in [1.807, 2.05) is 27.7 Å². The van der Waals surface area contributed by atoms with E-state index in [1.54, 1.807) is 6.20 Å². The molecule has 2 atom stereocenters. The number of hydrogen-bond acceptors (Lipinski definition) is 4. The number of thiazole rings is 1. The van der Waals surface area contributed by atoms with E-state index in [4.69, 9.17) is 0 Å². The van der Waals surface area contributed by atoms with Gasteiger partial charge in [-0.15, -0.1) is 11.3 Å². The third-order valence-corrected chi connectivity index (χ3v) is 6.00. The van der Waals surface area contributed by atoms with Crippen LogP contribution in [0.25, 0.3) is 10.6 Å². The molecule has 0 bridgehead atoms. The molecule has 0 aromatic carbocycles. The molecule has 0 saturated heterocycles.